The number of carbonyl (C=O) groups is 1. The number of aliphatic carboxylic acids is 1. The van der Waals surface area contributed by atoms with E-state index in [-0.39, 0.29) is 0 Å². The summed E-state index contributed by atoms with van der Waals surface area (Å²) < 4.78 is 5.03. The minimum absolute atomic E-state index is 0.460. The largest absolute Gasteiger partial charge is 0.481 e. The van der Waals surface area contributed by atoms with Crippen molar-refractivity contribution in [2.24, 2.45) is 5.41 Å². The van der Waals surface area contributed by atoms with Crippen LogP contribution in [0.4, 0.5) is 0 Å². The van der Waals surface area contributed by atoms with Crippen LogP contribution in [0.1, 0.15) is 32.6 Å². The third kappa shape index (κ3) is 3.19. The first-order valence-electron chi connectivity index (χ1n) is 6.09. The van der Waals surface area contributed by atoms with Crippen molar-refractivity contribution in [2.75, 3.05) is 33.4 Å². The van der Waals surface area contributed by atoms with Crippen LogP contribution >= 0.6 is 0 Å². The lowest BCUT2D eigenvalue weighted by Gasteiger charge is -2.38. The van der Waals surface area contributed by atoms with Gasteiger partial charge in [0.25, 0.3) is 0 Å². The van der Waals surface area contributed by atoms with Crippen molar-refractivity contribution < 1.29 is 14.6 Å². The maximum atomic E-state index is 11.3. The van der Waals surface area contributed by atoms with Crippen LogP contribution in [0.2, 0.25) is 0 Å². The number of carboxylic acid groups (broad SMARTS) is 1. The molecule has 4 heteroatoms. The molecule has 0 radical (unpaired) electrons. The van der Waals surface area contributed by atoms with Gasteiger partial charge < -0.3 is 14.7 Å². The van der Waals surface area contributed by atoms with Gasteiger partial charge in [-0.15, -0.1) is 0 Å². The second-order valence-corrected chi connectivity index (χ2v) is 4.67. The molecule has 0 unspecified atom stereocenters. The highest BCUT2D eigenvalue weighted by Crippen LogP contribution is 2.36. The summed E-state index contributed by atoms with van der Waals surface area (Å²) in [5.41, 5.74) is -0.460. The lowest BCUT2D eigenvalue weighted by Crippen LogP contribution is -2.45. The molecule has 16 heavy (non-hydrogen) atoms. The maximum Gasteiger partial charge on any atom is 0.309 e. The Morgan fingerprint density at radius 1 is 1.44 bits per heavy atom. The summed E-state index contributed by atoms with van der Waals surface area (Å²) in [7, 11) is 1.70. The zero-order valence-electron chi connectivity index (χ0n) is 10.4. The first-order chi connectivity index (χ1) is 7.64. The number of rotatable bonds is 6. The van der Waals surface area contributed by atoms with E-state index in [4.69, 9.17) is 4.74 Å². The predicted molar refractivity (Wildman–Crippen MR) is 62.5 cm³/mol. The van der Waals surface area contributed by atoms with Gasteiger partial charge in [0, 0.05) is 13.7 Å². The Morgan fingerprint density at radius 2 is 2.06 bits per heavy atom. The normalized spacial score (nSPS) is 20.9. The molecule has 1 saturated heterocycles. The summed E-state index contributed by atoms with van der Waals surface area (Å²) >= 11 is 0. The lowest BCUT2D eigenvalue weighted by atomic mass is 9.75. The second-order valence-electron chi connectivity index (χ2n) is 4.67. The topological polar surface area (TPSA) is 49.8 Å². The van der Waals surface area contributed by atoms with Crippen molar-refractivity contribution >= 4 is 5.97 Å². The summed E-state index contributed by atoms with van der Waals surface area (Å²) in [5, 5.41) is 9.34. The van der Waals surface area contributed by atoms with E-state index in [2.05, 4.69) is 11.8 Å². The van der Waals surface area contributed by atoms with Gasteiger partial charge in [0.2, 0.25) is 0 Å². The molecular formula is C12H23NO3. The molecule has 1 heterocycles. The van der Waals surface area contributed by atoms with Crippen LogP contribution in [-0.4, -0.2) is 49.3 Å². The van der Waals surface area contributed by atoms with Gasteiger partial charge in [-0.25, -0.2) is 0 Å². The Bertz CT molecular complexity index is 222. The van der Waals surface area contributed by atoms with Crippen LogP contribution in [0.3, 0.4) is 0 Å². The number of hydrogen-bond acceptors (Lipinski definition) is 3. The van der Waals surface area contributed by atoms with Crippen LogP contribution in [-0.2, 0) is 9.53 Å². The van der Waals surface area contributed by atoms with E-state index >= 15 is 0 Å². The van der Waals surface area contributed by atoms with E-state index in [0.717, 1.165) is 51.9 Å². The first kappa shape index (κ1) is 13.5. The molecule has 0 spiro atoms. The molecule has 1 rings (SSSR count). The monoisotopic (exact) mass is 229 g/mol. The quantitative estimate of drug-likeness (QED) is 0.751. The maximum absolute atomic E-state index is 11.3. The SMILES string of the molecule is CCCC1(C(=O)O)CCN(CCOC)CC1. The Kier molecular flexibility index (Phi) is 5.22. The van der Waals surface area contributed by atoms with Crippen LogP contribution in [0.25, 0.3) is 0 Å². The second kappa shape index (κ2) is 6.21. The molecular weight excluding hydrogens is 206 g/mol. The Morgan fingerprint density at radius 3 is 2.50 bits per heavy atom. The van der Waals surface area contributed by atoms with Gasteiger partial charge in [-0.3, -0.25) is 4.79 Å². The van der Waals surface area contributed by atoms with Gasteiger partial charge in [-0.2, -0.15) is 0 Å². The molecule has 1 N–H and O–H groups in total. The van der Waals surface area contributed by atoms with E-state index in [0.29, 0.717) is 0 Å². The summed E-state index contributed by atoms with van der Waals surface area (Å²) in [4.78, 5) is 13.6. The van der Waals surface area contributed by atoms with Crippen molar-refractivity contribution in [3.8, 4) is 0 Å². The first-order valence-corrected chi connectivity index (χ1v) is 6.09. The molecule has 0 aromatic rings. The summed E-state index contributed by atoms with van der Waals surface area (Å²) in [6.45, 7) is 5.47. The van der Waals surface area contributed by atoms with E-state index in [1.54, 1.807) is 7.11 Å². The van der Waals surface area contributed by atoms with Crippen molar-refractivity contribution in [2.45, 2.75) is 32.6 Å². The van der Waals surface area contributed by atoms with Gasteiger partial charge >= 0.3 is 5.97 Å². The highest BCUT2D eigenvalue weighted by atomic mass is 16.5. The Balaban J connectivity index is 2.46. The number of carboxylic acids is 1. The van der Waals surface area contributed by atoms with Gasteiger partial charge in [-0.05, 0) is 32.4 Å². The third-order valence-corrected chi connectivity index (χ3v) is 3.61. The molecule has 1 aliphatic rings. The Labute approximate surface area is 97.6 Å². The van der Waals surface area contributed by atoms with E-state index < -0.39 is 11.4 Å². The predicted octanol–water partition coefficient (Wildman–Crippen LogP) is 1.60. The molecule has 0 bridgehead atoms. The minimum Gasteiger partial charge on any atom is -0.481 e. The summed E-state index contributed by atoms with van der Waals surface area (Å²) in [6.07, 6.45) is 3.31. The average Bonchev–Trinajstić information content (AvgIpc) is 2.28. The van der Waals surface area contributed by atoms with Crippen LogP contribution in [0.15, 0.2) is 0 Å². The fraction of sp³-hybridized carbons (Fsp3) is 0.917. The average molecular weight is 229 g/mol. The van der Waals surface area contributed by atoms with Crippen LogP contribution < -0.4 is 0 Å². The number of nitrogens with zero attached hydrogens (tertiary/aromatic N) is 1. The van der Waals surface area contributed by atoms with Gasteiger partial charge in [-0.1, -0.05) is 13.3 Å². The minimum atomic E-state index is -0.610. The molecule has 0 aromatic carbocycles. The number of methoxy groups -OCH3 is 1. The standard InChI is InChI=1S/C12H23NO3/c1-3-4-12(11(14)15)5-7-13(8-6-12)9-10-16-2/h3-10H2,1-2H3,(H,14,15). The number of hydrogen-bond donors (Lipinski definition) is 1. The molecule has 0 atom stereocenters. The molecule has 4 nitrogen and oxygen atoms in total. The van der Waals surface area contributed by atoms with Gasteiger partial charge in [0.1, 0.15) is 0 Å². The number of piperidine rings is 1. The molecule has 0 saturated carbocycles. The molecule has 1 aliphatic heterocycles. The van der Waals surface area contributed by atoms with E-state index in [1.807, 2.05) is 0 Å². The van der Waals surface area contributed by atoms with Crippen LogP contribution in [0.5, 0.6) is 0 Å². The number of ether oxygens (including phenoxy) is 1. The fourth-order valence-corrected chi connectivity index (χ4v) is 2.47. The van der Waals surface area contributed by atoms with Crippen LogP contribution in [0, 0.1) is 5.41 Å². The van der Waals surface area contributed by atoms with Crippen molar-refractivity contribution in [1.29, 1.82) is 0 Å². The third-order valence-electron chi connectivity index (χ3n) is 3.61. The van der Waals surface area contributed by atoms with Crippen molar-refractivity contribution in [3.63, 3.8) is 0 Å². The van der Waals surface area contributed by atoms with Crippen molar-refractivity contribution in [1.82, 2.24) is 4.90 Å². The molecule has 0 aromatic heterocycles. The fourth-order valence-electron chi connectivity index (χ4n) is 2.47. The highest BCUT2D eigenvalue weighted by Gasteiger charge is 2.40. The van der Waals surface area contributed by atoms with Crippen molar-refractivity contribution in [3.05, 3.63) is 0 Å². The van der Waals surface area contributed by atoms with E-state index in [1.165, 1.54) is 0 Å². The zero-order chi connectivity index (χ0) is 12.0. The number of likely N-dealkylation sites (tertiary alicyclic amines) is 1. The summed E-state index contributed by atoms with van der Waals surface area (Å²) in [6, 6.07) is 0. The summed E-state index contributed by atoms with van der Waals surface area (Å²) in [5.74, 6) is -0.610. The smallest absolute Gasteiger partial charge is 0.309 e. The highest BCUT2D eigenvalue weighted by molar-refractivity contribution is 5.74. The van der Waals surface area contributed by atoms with Gasteiger partial charge in [0.15, 0.2) is 0 Å². The lowest BCUT2D eigenvalue weighted by molar-refractivity contribution is -0.152. The Hall–Kier alpha value is -0.610. The molecule has 0 amide bonds. The van der Waals surface area contributed by atoms with E-state index in [9.17, 15) is 9.90 Å². The molecule has 1 fully saturated rings. The molecule has 0 aliphatic carbocycles. The molecule has 94 valence electrons. The zero-order valence-corrected chi connectivity index (χ0v) is 10.4. The van der Waals surface area contributed by atoms with Gasteiger partial charge in [0.05, 0.1) is 12.0 Å².